The Balaban J connectivity index is 2.10. The van der Waals surface area contributed by atoms with Gasteiger partial charge in [-0.05, 0) is 13.3 Å². The summed E-state index contributed by atoms with van der Waals surface area (Å²) >= 11 is 0. The third-order valence-corrected chi connectivity index (χ3v) is 4.21. The number of aromatic nitrogens is 2. The number of rotatable bonds is 2. The summed E-state index contributed by atoms with van der Waals surface area (Å²) < 4.78 is 22.5. The number of nitrogen functional groups attached to an aromatic ring is 1. The Kier molecular flexibility index (Phi) is 2.71. The van der Waals surface area contributed by atoms with Crippen molar-refractivity contribution in [2.45, 2.75) is 19.4 Å². The van der Waals surface area contributed by atoms with Crippen LogP contribution in [0.5, 0.6) is 0 Å². The molecule has 1 saturated heterocycles. The van der Waals surface area contributed by atoms with Crippen molar-refractivity contribution in [1.82, 2.24) is 9.97 Å². The van der Waals surface area contributed by atoms with Crippen LogP contribution in [0, 0.1) is 6.92 Å². The third-order valence-electron chi connectivity index (χ3n) is 2.44. The summed E-state index contributed by atoms with van der Waals surface area (Å²) in [5.74, 6) is 1.95. The first-order chi connectivity index (χ1) is 7.44. The first-order valence-corrected chi connectivity index (χ1v) is 6.85. The van der Waals surface area contributed by atoms with E-state index in [9.17, 15) is 8.42 Å². The summed E-state index contributed by atoms with van der Waals surface area (Å²) in [6.07, 6.45) is 0.616. The standard InChI is InChI=1S/C9H14N4O2S/c1-6-11-8(10)4-9(12-6)13-7-2-3-16(14,15)5-7/h4,7H,2-3,5H2,1H3,(H3,10,11,12,13)/t7-/m1/s1. The summed E-state index contributed by atoms with van der Waals surface area (Å²) in [7, 11) is -2.87. The van der Waals surface area contributed by atoms with Gasteiger partial charge < -0.3 is 11.1 Å². The molecule has 1 aromatic heterocycles. The maximum Gasteiger partial charge on any atom is 0.152 e. The van der Waals surface area contributed by atoms with Gasteiger partial charge in [0.15, 0.2) is 9.84 Å². The predicted molar refractivity (Wildman–Crippen MR) is 61.9 cm³/mol. The minimum Gasteiger partial charge on any atom is -0.384 e. The molecule has 0 radical (unpaired) electrons. The molecule has 1 aromatic rings. The molecule has 1 fully saturated rings. The van der Waals surface area contributed by atoms with Gasteiger partial charge in [-0.3, -0.25) is 0 Å². The average molecular weight is 242 g/mol. The summed E-state index contributed by atoms with van der Waals surface area (Å²) in [6, 6.07) is 1.54. The first kappa shape index (κ1) is 11.1. The number of sulfone groups is 1. The molecule has 7 heteroatoms. The Morgan fingerprint density at radius 1 is 1.50 bits per heavy atom. The van der Waals surface area contributed by atoms with E-state index in [0.717, 1.165) is 0 Å². The van der Waals surface area contributed by atoms with Crippen molar-refractivity contribution >= 4 is 21.5 Å². The van der Waals surface area contributed by atoms with E-state index >= 15 is 0 Å². The van der Waals surface area contributed by atoms with Gasteiger partial charge >= 0.3 is 0 Å². The quantitative estimate of drug-likeness (QED) is 0.755. The van der Waals surface area contributed by atoms with Crippen molar-refractivity contribution in [3.8, 4) is 0 Å². The number of anilines is 2. The van der Waals surface area contributed by atoms with E-state index in [2.05, 4.69) is 15.3 Å². The number of aryl methyl sites for hydroxylation is 1. The first-order valence-electron chi connectivity index (χ1n) is 5.03. The Morgan fingerprint density at radius 3 is 2.81 bits per heavy atom. The van der Waals surface area contributed by atoms with Gasteiger partial charge in [0.2, 0.25) is 0 Å². The van der Waals surface area contributed by atoms with E-state index in [1.807, 2.05) is 0 Å². The molecular formula is C9H14N4O2S. The molecule has 1 atom stereocenters. The van der Waals surface area contributed by atoms with Crippen LogP contribution in [0.2, 0.25) is 0 Å². The van der Waals surface area contributed by atoms with Gasteiger partial charge in [0, 0.05) is 12.1 Å². The molecule has 0 aromatic carbocycles. The predicted octanol–water partition coefficient (Wildman–Crippen LogP) is -0.0338. The zero-order valence-corrected chi connectivity index (χ0v) is 9.79. The van der Waals surface area contributed by atoms with Crippen molar-refractivity contribution < 1.29 is 8.42 Å². The molecule has 3 N–H and O–H groups in total. The maximum atomic E-state index is 11.3. The lowest BCUT2D eigenvalue weighted by atomic mass is 10.2. The number of nitrogens with two attached hydrogens (primary N) is 1. The molecule has 0 bridgehead atoms. The summed E-state index contributed by atoms with van der Waals surface area (Å²) in [5.41, 5.74) is 5.58. The monoisotopic (exact) mass is 242 g/mol. The highest BCUT2D eigenvalue weighted by molar-refractivity contribution is 7.91. The van der Waals surface area contributed by atoms with E-state index in [4.69, 9.17) is 5.73 Å². The van der Waals surface area contributed by atoms with Gasteiger partial charge in [-0.25, -0.2) is 18.4 Å². The number of nitrogens with one attached hydrogen (secondary N) is 1. The second-order valence-electron chi connectivity index (χ2n) is 3.97. The van der Waals surface area contributed by atoms with Crippen LogP contribution in [-0.4, -0.2) is 35.9 Å². The molecule has 1 aliphatic rings. The van der Waals surface area contributed by atoms with Crippen LogP contribution in [0.25, 0.3) is 0 Å². The van der Waals surface area contributed by atoms with Crippen LogP contribution >= 0.6 is 0 Å². The highest BCUT2D eigenvalue weighted by Crippen LogP contribution is 2.17. The van der Waals surface area contributed by atoms with Crippen LogP contribution in [0.4, 0.5) is 11.6 Å². The zero-order chi connectivity index (χ0) is 11.8. The lowest BCUT2D eigenvalue weighted by Gasteiger charge is -2.11. The van der Waals surface area contributed by atoms with Gasteiger partial charge in [0.1, 0.15) is 17.5 Å². The molecule has 0 spiro atoms. The fourth-order valence-corrected chi connectivity index (χ4v) is 3.46. The Bertz CT molecular complexity index is 480. The fraction of sp³-hybridized carbons (Fsp3) is 0.556. The van der Waals surface area contributed by atoms with Gasteiger partial charge in [-0.15, -0.1) is 0 Å². The van der Waals surface area contributed by atoms with Crippen molar-refractivity contribution in [2.75, 3.05) is 22.6 Å². The normalized spacial score (nSPS) is 23.2. The molecule has 16 heavy (non-hydrogen) atoms. The van der Waals surface area contributed by atoms with Gasteiger partial charge in [0.05, 0.1) is 11.5 Å². The number of hydrogen-bond donors (Lipinski definition) is 2. The zero-order valence-electron chi connectivity index (χ0n) is 8.97. The second-order valence-corrected chi connectivity index (χ2v) is 6.20. The second kappa shape index (κ2) is 3.89. The molecule has 2 rings (SSSR count). The minimum absolute atomic E-state index is 0.0706. The van der Waals surface area contributed by atoms with Gasteiger partial charge in [0.25, 0.3) is 0 Å². The van der Waals surface area contributed by atoms with E-state index in [-0.39, 0.29) is 17.5 Å². The molecule has 0 aliphatic carbocycles. The largest absolute Gasteiger partial charge is 0.384 e. The lowest BCUT2D eigenvalue weighted by molar-refractivity contribution is 0.602. The Labute approximate surface area is 94.2 Å². The molecular weight excluding hydrogens is 228 g/mol. The van der Waals surface area contributed by atoms with E-state index < -0.39 is 9.84 Å². The molecule has 0 unspecified atom stereocenters. The number of hydrogen-bond acceptors (Lipinski definition) is 6. The van der Waals surface area contributed by atoms with Crippen molar-refractivity contribution in [3.63, 3.8) is 0 Å². The van der Waals surface area contributed by atoms with Crippen molar-refractivity contribution in [1.29, 1.82) is 0 Å². The van der Waals surface area contributed by atoms with Crippen molar-refractivity contribution in [3.05, 3.63) is 11.9 Å². The molecule has 2 heterocycles. The minimum atomic E-state index is -2.87. The maximum absolute atomic E-state index is 11.3. The van der Waals surface area contributed by atoms with Crippen LogP contribution in [-0.2, 0) is 9.84 Å². The third kappa shape index (κ3) is 2.60. The van der Waals surface area contributed by atoms with Crippen LogP contribution in [0.1, 0.15) is 12.2 Å². The topological polar surface area (TPSA) is 98.0 Å². The SMILES string of the molecule is Cc1nc(N)cc(N[C@@H]2CCS(=O)(=O)C2)n1. The van der Waals surface area contributed by atoms with Crippen molar-refractivity contribution in [2.24, 2.45) is 0 Å². The summed E-state index contributed by atoms with van der Waals surface area (Å²) in [6.45, 7) is 1.74. The van der Waals surface area contributed by atoms with E-state index in [0.29, 0.717) is 23.9 Å². The molecule has 88 valence electrons. The lowest BCUT2D eigenvalue weighted by Crippen LogP contribution is -2.21. The highest BCUT2D eigenvalue weighted by Gasteiger charge is 2.27. The average Bonchev–Trinajstić information content (AvgIpc) is 2.43. The smallest absolute Gasteiger partial charge is 0.152 e. The number of nitrogens with zero attached hydrogens (tertiary/aromatic N) is 2. The molecule has 0 saturated carbocycles. The van der Waals surface area contributed by atoms with Crippen LogP contribution in [0.15, 0.2) is 6.07 Å². The summed E-state index contributed by atoms with van der Waals surface area (Å²) in [4.78, 5) is 8.09. The van der Waals surface area contributed by atoms with Crippen LogP contribution < -0.4 is 11.1 Å². The molecule has 6 nitrogen and oxygen atoms in total. The fourth-order valence-electron chi connectivity index (χ4n) is 1.78. The summed E-state index contributed by atoms with van der Waals surface area (Å²) in [5, 5.41) is 3.07. The molecule has 0 amide bonds. The van der Waals surface area contributed by atoms with Gasteiger partial charge in [-0.1, -0.05) is 0 Å². The highest BCUT2D eigenvalue weighted by atomic mass is 32.2. The Morgan fingerprint density at radius 2 is 2.25 bits per heavy atom. The van der Waals surface area contributed by atoms with Crippen LogP contribution in [0.3, 0.4) is 0 Å². The van der Waals surface area contributed by atoms with E-state index in [1.54, 1.807) is 13.0 Å². The van der Waals surface area contributed by atoms with Gasteiger partial charge in [-0.2, -0.15) is 0 Å². The van der Waals surface area contributed by atoms with E-state index in [1.165, 1.54) is 0 Å². The Hall–Kier alpha value is -1.37. The molecule has 1 aliphatic heterocycles.